The van der Waals surface area contributed by atoms with Crippen LogP contribution < -0.4 is 0 Å². The molecule has 1 N–H and O–H groups in total. The van der Waals surface area contributed by atoms with Gasteiger partial charge >= 0.3 is 5.97 Å². The summed E-state index contributed by atoms with van der Waals surface area (Å²) >= 11 is 1.70. The molecule has 0 bridgehead atoms. The third kappa shape index (κ3) is 3.75. The Labute approximate surface area is 105 Å². The maximum Gasteiger partial charge on any atom is 0.335 e. The zero-order valence-corrected chi connectivity index (χ0v) is 10.4. The maximum atomic E-state index is 10.8. The molecule has 2 rings (SSSR count). The molecule has 17 heavy (non-hydrogen) atoms. The second kappa shape index (κ2) is 6.07. The summed E-state index contributed by atoms with van der Waals surface area (Å²) in [4.78, 5) is 11.8. The fraction of sp³-hybridized carbons (Fsp3) is 0.462. The Hall–Kier alpha value is -1.00. The Bertz CT molecular complexity index is 386. The Morgan fingerprint density at radius 2 is 2.41 bits per heavy atom. The summed E-state index contributed by atoms with van der Waals surface area (Å²) in [7, 11) is 0. The van der Waals surface area contributed by atoms with Crippen molar-refractivity contribution in [1.29, 1.82) is 0 Å². The number of carboxylic acids is 1. The van der Waals surface area contributed by atoms with Crippen molar-refractivity contribution in [1.82, 2.24) is 0 Å². The lowest BCUT2D eigenvalue weighted by molar-refractivity contribution is 0.0696. The monoisotopic (exact) mass is 252 g/mol. The molecule has 1 aromatic carbocycles. The van der Waals surface area contributed by atoms with Crippen LogP contribution in [0.25, 0.3) is 0 Å². The van der Waals surface area contributed by atoms with E-state index in [1.54, 1.807) is 30.0 Å². The van der Waals surface area contributed by atoms with Crippen molar-refractivity contribution in [2.45, 2.75) is 30.3 Å². The molecule has 0 radical (unpaired) electrons. The van der Waals surface area contributed by atoms with Gasteiger partial charge in [-0.25, -0.2) is 4.79 Å². The molecule has 1 atom stereocenters. The molecule has 0 saturated carbocycles. The zero-order valence-electron chi connectivity index (χ0n) is 9.59. The molecule has 92 valence electrons. The second-order valence-corrected chi connectivity index (χ2v) is 5.27. The highest BCUT2D eigenvalue weighted by atomic mass is 32.2. The van der Waals surface area contributed by atoms with Gasteiger partial charge in [-0.1, -0.05) is 6.07 Å². The highest BCUT2D eigenvalue weighted by molar-refractivity contribution is 7.99. The molecule has 1 aromatic rings. The number of carboxylic acid groups (broad SMARTS) is 1. The number of carbonyl (C=O) groups is 1. The number of hydrogen-bond acceptors (Lipinski definition) is 3. The van der Waals surface area contributed by atoms with E-state index in [9.17, 15) is 4.79 Å². The minimum atomic E-state index is -0.869. The van der Waals surface area contributed by atoms with Crippen molar-refractivity contribution < 1.29 is 14.6 Å². The van der Waals surface area contributed by atoms with Gasteiger partial charge in [0.1, 0.15) is 0 Å². The summed E-state index contributed by atoms with van der Waals surface area (Å²) < 4.78 is 5.55. The molecule has 0 amide bonds. The van der Waals surface area contributed by atoms with Gasteiger partial charge in [0.2, 0.25) is 0 Å². The number of aromatic carboxylic acids is 1. The highest BCUT2D eigenvalue weighted by Gasteiger charge is 2.14. The van der Waals surface area contributed by atoms with Crippen LogP contribution in [0.2, 0.25) is 0 Å². The molecule has 1 aliphatic rings. The van der Waals surface area contributed by atoms with E-state index in [4.69, 9.17) is 9.84 Å². The average molecular weight is 252 g/mol. The van der Waals surface area contributed by atoms with Crippen molar-refractivity contribution in [3.63, 3.8) is 0 Å². The fourth-order valence-electron chi connectivity index (χ4n) is 1.90. The topological polar surface area (TPSA) is 46.5 Å². The maximum absolute atomic E-state index is 10.8. The number of benzene rings is 1. The molecule has 1 heterocycles. The lowest BCUT2D eigenvalue weighted by Gasteiger charge is -2.08. The van der Waals surface area contributed by atoms with Crippen LogP contribution in [0.5, 0.6) is 0 Å². The average Bonchev–Trinajstić information content (AvgIpc) is 2.82. The van der Waals surface area contributed by atoms with Crippen molar-refractivity contribution in [3.8, 4) is 0 Å². The first-order chi connectivity index (χ1) is 8.25. The van der Waals surface area contributed by atoms with Gasteiger partial charge < -0.3 is 9.84 Å². The van der Waals surface area contributed by atoms with E-state index in [-0.39, 0.29) is 0 Å². The molecular formula is C13H16O3S. The lowest BCUT2D eigenvalue weighted by atomic mass is 10.2. The number of thioether (sulfide) groups is 1. The van der Waals surface area contributed by atoms with Crippen molar-refractivity contribution >= 4 is 17.7 Å². The molecule has 1 fully saturated rings. The first-order valence-corrected chi connectivity index (χ1v) is 6.82. The minimum absolute atomic E-state index is 0.354. The molecule has 0 spiro atoms. The van der Waals surface area contributed by atoms with Crippen LogP contribution in [0.4, 0.5) is 0 Å². The summed E-state index contributed by atoms with van der Waals surface area (Å²) in [6.07, 6.45) is 3.78. The standard InChI is InChI=1S/C13H16O3S/c14-13(15)10-3-1-5-12(9-10)17-8-6-11-4-2-7-16-11/h1,3,5,9,11H,2,4,6-8H2,(H,14,15). The number of ether oxygens (including phenoxy) is 1. The summed E-state index contributed by atoms with van der Waals surface area (Å²) in [5.41, 5.74) is 0.354. The van der Waals surface area contributed by atoms with Crippen LogP contribution in [-0.4, -0.2) is 29.5 Å². The van der Waals surface area contributed by atoms with Gasteiger partial charge in [-0.15, -0.1) is 11.8 Å². The number of hydrogen-bond donors (Lipinski definition) is 1. The molecule has 1 aliphatic heterocycles. The summed E-state index contributed by atoms with van der Waals surface area (Å²) in [6.45, 7) is 0.893. The smallest absolute Gasteiger partial charge is 0.335 e. The van der Waals surface area contributed by atoms with Crippen LogP contribution in [0, 0.1) is 0 Å². The van der Waals surface area contributed by atoms with Crippen molar-refractivity contribution in [3.05, 3.63) is 29.8 Å². The summed E-state index contributed by atoms with van der Waals surface area (Å²) in [5.74, 6) is 0.111. The van der Waals surface area contributed by atoms with E-state index in [2.05, 4.69) is 0 Å². The third-order valence-corrected chi connectivity index (χ3v) is 3.84. The van der Waals surface area contributed by atoms with E-state index >= 15 is 0 Å². The predicted octanol–water partition coefficient (Wildman–Crippen LogP) is 3.05. The van der Waals surface area contributed by atoms with E-state index in [1.165, 1.54) is 6.42 Å². The molecule has 1 unspecified atom stereocenters. The number of rotatable bonds is 5. The van der Waals surface area contributed by atoms with Crippen LogP contribution in [0.1, 0.15) is 29.6 Å². The van der Waals surface area contributed by atoms with Crippen molar-refractivity contribution in [2.24, 2.45) is 0 Å². The van der Waals surface area contributed by atoms with Crippen LogP contribution in [0.15, 0.2) is 29.2 Å². The predicted molar refractivity (Wildman–Crippen MR) is 67.7 cm³/mol. The minimum Gasteiger partial charge on any atom is -0.478 e. The van der Waals surface area contributed by atoms with Gasteiger partial charge in [0.15, 0.2) is 0 Å². The SMILES string of the molecule is O=C(O)c1cccc(SCCC2CCCO2)c1. The first kappa shape index (κ1) is 12.5. The van der Waals surface area contributed by atoms with E-state index in [1.807, 2.05) is 6.07 Å². The Kier molecular flexibility index (Phi) is 4.45. The summed E-state index contributed by atoms with van der Waals surface area (Å²) in [6, 6.07) is 7.08. The van der Waals surface area contributed by atoms with Gasteiger partial charge in [0, 0.05) is 17.3 Å². The lowest BCUT2D eigenvalue weighted by Crippen LogP contribution is -2.05. The molecule has 0 aromatic heterocycles. The Morgan fingerprint density at radius 3 is 3.12 bits per heavy atom. The molecular weight excluding hydrogens is 236 g/mol. The van der Waals surface area contributed by atoms with Gasteiger partial charge in [0.05, 0.1) is 11.7 Å². The first-order valence-electron chi connectivity index (χ1n) is 5.83. The molecule has 3 nitrogen and oxygen atoms in total. The van der Waals surface area contributed by atoms with E-state index in [0.29, 0.717) is 11.7 Å². The Balaban J connectivity index is 1.81. The molecule has 1 saturated heterocycles. The third-order valence-electron chi connectivity index (χ3n) is 2.81. The van der Waals surface area contributed by atoms with Gasteiger partial charge in [0.25, 0.3) is 0 Å². The molecule has 0 aliphatic carbocycles. The zero-order chi connectivity index (χ0) is 12.1. The fourth-order valence-corrected chi connectivity index (χ4v) is 2.90. The van der Waals surface area contributed by atoms with Gasteiger partial charge in [-0.3, -0.25) is 0 Å². The normalized spacial score (nSPS) is 19.4. The quantitative estimate of drug-likeness (QED) is 0.818. The van der Waals surface area contributed by atoms with Crippen LogP contribution >= 0.6 is 11.8 Å². The van der Waals surface area contributed by atoms with Crippen molar-refractivity contribution in [2.75, 3.05) is 12.4 Å². The summed E-state index contributed by atoms with van der Waals surface area (Å²) in [5, 5.41) is 8.88. The van der Waals surface area contributed by atoms with Crippen LogP contribution in [-0.2, 0) is 4.74 Å². The van der Waals surface area contributed by atoms with Gasteiger partial charge in [-0.2, -0.15) is 0 Å². The molecule has 4 heteroatoms. The van der Waals surface area contributed by atoms with E-state index in [0.717, 1.165) is 30.1 Å². The Morgan fingerprint density at radius 1 is 1.53 bits per heavy atom. The van der Waals surface area contributed by atoms with Crippen LogP contribution in [0.3, 0.4) is 0 Å². The second-order valence-electron chi connectivity index (χ2n) is 4.11. The van der Waals surface area contributed by atoms with E-state index < -0.39 is 5.97 Å². The highest BCUT2D eigenvalue weighted by Crippen LogP contribution is 2.23. The largest absolute Gasteiger partial charge is 0.478 e. The van der Waals surface area contributed by atoms with Gasteiger partial charge in [-0.05, 0) is 37.5 Å².